The topological polar surface area (TPSA) is 83.8 Å². The third kappa shape index (κ3) is 4.14. The molecule has 5 nitrogen and oxygen atoms in total. The fourth-order valence-electron chi connectivity index (χ4n) is 2.45. The van der Waals surface area contributed by atoms with Gasteiger partial charge in [0.2, 0.25) is 0 Å². The zero-order valence-corrected chi connectivity index (χ0v) is 14.0. The van der Waals surface area contributed by atoms with Gasteiger partial charge in [0, 0.05) is 5.56 Å². The van der Waals surface area contributed by atoms with E-state index < -0.39 is 17.5 Å². The van der Waals surface area contributed by atoms with Crippen molar-refractivity contribution in [3.8, 4) is 23.3 Å². The van der Waals surface area contributed by atoms with Crippen LogP contribution in [0, 0.1) is 11.8 Å². The van der Waals surface area contributed by atoms with Crippen LogP contribution in [0.4, 0.5) is 0 Å². The lowest BCUT2D eigenvalue weighted by molar-refractivity contribution is 0.0649. The minimum Gasteiger partial charge on any atom is -0.478 e. The summed E-state index contributed by atoms with van der Waals surface area (Å²) in [4.78, 5) is 23.2. The van der Waals surface area contributed by atoms with E-state index in [-0.39, 0.29) is 16.9 Å². The van der Waals surface area contributed by atoms with Gasteiger partial charge in [0.15, 0.2) is 5.75 Å². The number of carboxylic acids is 2. The van der Waals surface area contributed by atoms with E-state index in [0.717, 1.165) is 5.56 Å². The van der Waals surface area contributed by atoms with E-state index in [1.807, 2.05) is 30.3 Å². The Hall–Kier alpha value is -4.04. The number of carbonyl (C=O) groups is 2. The molecule has 132 valence electrons. The molecular formula is C22H14O5. The van der Waals surface area contributed by atoms with Gasteiger partial charge in [-0.15, -0.1) is 0 Å². The summed E-state index contributed by atoms with van der Waals surface area (Å²) in [5, 5.41) is 18.9. The number of rotatable bonds is 4. The monoisotopic (exact) mass is 358 g/mol. The summed E-state index contributed by atoms with van der Waals surface area (Å²) >= 11 is 0. The SMILES string of the molecule is O=C(O)c1ccc(C#Cc2ccccc2)c(Oc2ccccc2)c1C(=O)O. The number of aromatic carboxylic acids is 2. The second-order valence-electron chi connectivity index (χ2n) is 5.51. The van der Waals surface area contributed by atoms with Gasteiger partial charge in [-0.25, -0.2) is 9.59 Å². The average Bonchev–Trinajstić information content (AvgIpc) is 2.68. The predicted molar refractivity (Wildman–Crippen MR) is 99.3 cm³/mol. The van der Waals surface area contributed by atoms with E-state index in [9.17, 15) is 19.8 Å². The quantitative estimate of drug-likeness (QED) is 0.680. The van der Waals surface area contributed by atoms with Crippen molar-refractivity contribution < 1.29 is 24.5 Å². The van der Waals surface area contributed by atoms with Crippen LogP contribution in [-0.4, -0.2) is 22.2 Å². The lowest BCUT2D eigenvalue weighted by Gasteiger charge is -2.13. The first-order valence-electron chi connectivity index (χ1n) is 8.00. The van der Waals surface area contributed by atoms with Crippen LogP contribution in [0.3, 0.4) is 0 Å². The van der Waals surface area contributed by atoms with Crippen molar-refractivity contribution in [3.63, 3.8) is 0 Å². The van der Waals surface area contributed by atoms with E-state index >= 15 is 0 Å². The molecule has 2 N–H and O–H groups in total. The van der Waals surface area contributed by atoms with Gasteiger partial charge in [0.25, 0.3) is 0 Å². The maximum absolute atomic E-state index is 11.8. The molecule has 0 bridgehead atoms. The van der Waals surface area contributed by atoms with Gasteiger partial charge >= 0.3 is 11.9 Å². The third-order valence-corrected chi connectivity index (χ3v) is 3.68. The molecule has 5 heteroatoms. The zero-order valence-electron chi connectivity index (χ0n) is 14.0. The molecule has 0 amide bonds. The Morgan fingerprint density at radius 1 is 0.741 bits per heavy atom. The van der Waals surface area contributed by atoms with Crippen molar-refractivity contribution in [3.05, 3.63) is 95.1 Å². The van der Waals surface area contributed by atoms with Gasteiger partial charge in [-0.2, -0.15) is 0 Å². The van der Waals surface area contributed by atoms with Gasteiger partial charge in [0.05, 0.1) is 11.1 Å². The molecule has 3 aromatic carbocycles. The van der Waals surface area contributed by atoms with E-state index in [0.29, 0.717) is 5.75 Å². The van der Waals surface area contributed by atoms with Crippen molar-refractivity contribution in [2.24, 2.45) is 0 Å². The Labute approximate surface area is 155 Å². The van der Waals surface area contributed by atoms with Crippen molar-refractivity contribution >= 4 is 11.9 Å². The Morgan fingerprint density at radius 2 is 1.37 bits per heavy atom. The molecule has 0 radical (unpaired) electrons. The van der Waals surface area contributed by atoms with E-state index in [2.05, 4.69) is 11.8 Å². The molecule has 0 saturated heterocycles. The van der Waals surface area contributed by atoms with Crippen molar-refractivity contribution in [1.82, 2.24) is 0 Å². The molecule has 0 spiro atoms. The second-order valence-corrected chi connectivity index (χ2v) is 5.51. The van der Waals surface area contributed by atoms with E-state index in [1.54, 1.807) is 30.3 Å². The summed E-state index contributed by atoms with van der Waals surface area (Å²) in [6.45, 7) is 0. The standard InChI is InChI=1S/C22H14O5/c23-21(24)18-14-13-16(12-11-15-7-3-1-4-8-15)20(19(18)22(25)26)27-17-9-5-2-6-10-17/h1-10,13-14H,(H,23,24)(H,25,26). The molecule has 0 aromatic heterocycles. The maximum atomic E-state index is 11.8. The molecule has 0 heterocycles. The van der Waals surface area contributed by atoms with Crippen molar-refractivity contribution in [2.75, 3.05) is 0 Å². The molecule has 0 unspecified atom stereocenters. The summed E-state index contributed by atoms with van der Waals surface area (Å²) in [6.07, 6.45) is 0. The Bertz CT molecular complexity index is 1040. The van der Waals surface area contributed by atoms with Gasteiger partial charge in [-0.3, -0.25) is 0 Å². The minimum atomic E-state index is -1.40. The summed E-state index contributed by atoms with van der Waals surface area (Å²) in [7, 11) is 0. The van der Waals surface area contributed by atoms with Gasteiger partial charge in [-0.1, -0.05) is 48.2 Å². The van der Waals surface area contributed by atoms with Crippen LogP contribution in [0.25, 0.3) is 0 Å². The maximum Gasteiger partial charge on any atom is 0.340 e. The molecule has 3 rings (SSSR count). The number of ether oxygens (including phenoxy) is 1. The van der Waals surface area contributed by atoms with Crippen LogP contribution < -0.4 is 4.74 Å². The van der Waals surface area contributed by atoms with Gasteiger partial charge < -0.3 is 14.9 Å². The first-order chi connectivity index (χ1) is 13.1. The number of hydrogen-bond acceptors (Lipinski definition) is 3. The summed E-state index contributed by atoms with van der Waals surface area (Å²) in [6, 6.07) is 20.4. The van der Waals surface area contributed by atoms with Crippen LogP contribution >= 0.6 is 0 Å². The zero-order chi connectivity index (χ0) is 19.2. The van der Waals surface area contributed by atoms with Gasteiger partial charge in [-0.05, 0) is 36.4 Å². The first-order valence-corrected chi connectivity index (χ1v) is 8.00. The highest BCUT2D eigenvalue weighted by atomic mass is 16.5. The minimum absolute atomic E-state index is 0.1000. The highest BCUT2D eigenvalue weighted by Gasteiger charge is 2.24. The fraction of sp³-hybridized carbons (Fsp3) is 0. The lowest BCUT2D eigenvalue weighted by atomic mass is 10.0. The Balaban J connectivity index is 2.17. The smallest absolute Gasteiger partial charge is 0.340 e. The number of para-hydroxylation sites is 1. The molecule has 0 saturated carbocycles. The van der Waals surface area contributed by atoms with E-state index in [1.165, 1.54) is 12.1 Å². The molecule has 0 aliphatic rings. The normalized spacial score (nSPS) is 9.78. The van der Waals surface area contributed by atoms with Crippen LogP contribution in [0.5, 0.6) is 11.5 Å². The molecule has 3 aromatic rings. The van der Waals surface area contributed by atoms with Crippen molar-refractivity contribution in [2.45, 2.75) is 0 Å². The number of hydrogen-bond donors (Lipinski definition) is 2. The van der Waals surface area contributed by atoms with Crippen LogP contribution in [0.2, 0.25) is 0 Å². The summed E-state index contributed by atoms with van der Waals surface area (Å²) < 4.78 is 5.73. The van der Waals surface area contributed by atoms with E-state index in [4.69, 9.17) is 4.74 Å². The highest BCUT2D eigenvalue weighted by molar-refractivity contribution is 6.04. The highest BCUT2D eigenvalue weighted by Crippen LogP contribution is 2.32. The Kier molecular flexibility index (Phi) is 5.20. The third-order valence-electron chi connectivity index (χ3n) is 3.68. The summed E-state index contributed by atoms with van der Waals surface area (Å²) in [5.41, 5.74) is 0.220. The predicted octanol–water partition coefficient (Wildman–Crippen LogP) is 4.28. The molecule has 0 aliphatic heterocycles. The molecule has 0 atom stereocenters. The molecule has 27 heavy (non-hydrogen) atoms. The largest absolute Gasteiger partial charge is 0.478 e. The molecular weight excluding hydrogens is 344 g/mol. The lowest BCUT2D eigenvalue weighted by Crippen LogP contribution is -2.11. The van der Waals surface area contributed by atoms with Crippen LogP contribution in [-0.2, 0) is 0 Å². The number of benzene rings is 3. The van der Waals surface area contributed by atoms with Gasteiger partial charge in [0.1, 0.15) is 11.3 Å². The average molecular weight is 358 g/mol. The molecule has 0 fully saturated rings. The molecule has 0 aliphatic carbocycles. The van der Waals surface area contributed by atoms with Crippen LogP contribution in [0.1, 0.15) is 31.8 Å². The summed E-state index contributed by atoms with van der Waals surface area (Å²) in [5.74, 6) is 3.34. The first kappa shape index (κ1) is 17.8. The number of carboxylic acid groups (broad SMARTS) is 2. The fourth-order valence-corrected chi connectivity index (χ4v) is 2.45. The Morgan fingerprint density at radius 3 is 1.96 bits per heavy atom. The van der Waals surface area contributed by atoms with Crippen molar-refractivity contribution in [1.29, 1.82) is 0 Å². The van der Waals surface area contributed by atoms with Crippen LogP contribution in [0.15, 0.2) is 72.8 Å². The second kappa shape index (κ2) is 7.89.